The Bertz CT molecular complexity index is 474. The maximum Gasteiger partial charge on any atom is 0.217 e. The Morgan fingerprint density at radius 1 is 1.52 bits per heavy atom. The van der Waals surface area contributed by atoms with Gasteiger partial charge in [-0.25, -0.2) is 0 Å². The topological polar surface area (TPSA) is 63.2 Å². The van der Waals surface area contributed by atoms with E-state index in [2.05, 4.69) is 22.5 Å². The molecule has 2 heterocycles. The number of ether oxygens (including phenoxy) is 1. The smallest absolute Gasteiger partial charge is 0.217 e. The van der Waals surface area contributed by atoms with Crippen LogP contribution in [-0.2, 0) is 11.2 Å². The van der Waals surface area contributed by atoms with Crippen LogP contribution in [0.25, 0.3) is 0 Å². The van der Waals surface area contributed by atoms with Gasteiger partial charge in [-0.1, -0.05) is 6.92 Å². The van der Waals surface area contributed by atoms with Crippen LogP contribution in [0.15, 0.2) is 18.5 Å². The molecule has 2 N–H and O–H groups in total. The second-order valence-corrected chi connectivity index (χ2v) is 5.95. The van der Waals surface area contributed by atoms with Crippen LogP contribution in [0.1, 0.15) is 32.8 Å². The van der Waals surface area contributed by atoms with Crippen LogP contribution in [0.3, 0.4) is 0 Å². The Balaban J connectivity index is 1.85. The van der Waals surface area contributed by atoms with Gasteiger partial charge >= 0.3 is 0 Å². The molecular weight excluding hydrogens is 266 g/mol. The minimum absolute atomic E-state index is 0.0116. The predicted molar refractivity (Wildman–Crippen MR) is 82.3 cm³/mol. The first-order chi connectivity index (χ1) is 10.0. The van der Waals surface area contributed by atoms with E-state index in [1.165, 1.54) is 6.42 Å². The van der Waals surface area contributed by atoms with Gasteiger partial charge in [-0.3, -0.25) is 9.78 Å². The van der Waals surface area contributed by atoms with E-state index in [-0.39, 0.29) is 11.9 Å². The van der Waals surface area contributed by atoms with Gasteiger partial charge in [0.15, 0.2) is 0 Å². The maximum absolute atomic E-state index is 11.1. The molecule has 21 heavy (non-hydrogen) atoms. The second-order valence-electron chi connectivity index (χ2n) is 5.95. The van der Waals surface area contributed by atoms with Crippen LogP contribution in [0.2, 0.25) is 0 Å². The van der Waals surface area contributed by atoms with E-state index in [9.17, 15) is 4.79 Å². The standard InChI is InChI=1S/C16H25N3O2/c1-11(12(2)19-13(3)20)6-14-7-16(9-17-8-14)21-10-15-4-5-18-15/h7-9,11-12,15,18H,4-6,10H2,1-3H3,(H,19,20)/t11?,12-,15?/m1/s1. The molecule has 116 valence electrons. The number of carbonyl (C=O) groups is 1. The van der Waals surface area contributed by atoms with Gasteiger partial charge in [-0.2, -0.15) is 0 Å². The molecule has 0 saturated carbocycles. The van der Waals surface area contributed by atoms with Gasteiger partial charge in [-0.05, 0) is 43.9 Å². The van der Waals surface area contributed by atoms with Crippen LogP contribution in [-0.4, -0.2) is 36.1 Å². The van der Waals surface area contributed by atoms with E-state index >= 15 is 0 Å². The molecular formula is C16H25N3O2. The van der Waals surface area contributed by atoms with Crippen LogP contribution in [0, 0.1) is 5.92 Å². The molecule has 0 aromatic carbocycles. The van der Waals surface area contributed by atoms with Gasteiger partial charge in [-0.15, -0.1) is 0 Å². The number of rotatable bonds is 7. The Morgan fingerprint density at radius 2 is 2.29 bits per heavy atom. The fraction of sp³-hybridized carbons (Fsp3) is 0.625. The monoisotopic (exact) mass is 291 g/mol. The Hall–Kier alpha value is -1.62. The highest BCUT2D eigenvalue weighted by Crippen LogP contribution is 2.17. The molecule has 1 aromatic heterocycles. The molecule has 2 unspecified atom stereocenters. The minimum atomic E-state index is 0.0116. The maximum atomic E-state index is 11.1. The number of amides is 1. The van der Waals surface area contributed by atoms with Crippen molar-refractivity contribution < 1.29 is 9.53 Å². The Labute approximate surface area is 126 Å². The van der Waals surface area contributed by atoms with Crippen LogP contribution in [0.4, 0.5) is 0 Å². The molecule has 1 fully saturated rings. The zero-order valence-corrected chi connectivity index (χ0v) is 13.1. The fourth-order valence-corrected chi connectivity index (χ4v) is 2.35. The molecule has 3 atom stereocenters. The lowest BCUT2D eigenvalue weighted by atomic mass is 9.95. The van der Waals surface area contributed by atoms with Crippen LogP contribution >= 0.6 is 0 Å². The Kier molecular flexibility index (Phi) is 5.56. The van der Waals surface area contributed by atoms with Crippen LogP contribution < -0.4 is 15.4 Å². The van der Waals surface area contributed by atoms with E-state index < -0.39 is 0 Å². The summed E-state index contributed by atoms with van der Waals surface area (Å²) >= 11 is 0. The average Bonchev–Trinajstić information content (AvgIpc) is 2.36. The summed E-state index contributed by atoms with van der Waals surface area (Å²) in [5, 5.41) is 6.24. The predicted octanol–water partition coefficient (Wildman–Crippen LogP) is 1.53. The first kappa shape index (κ1) is 15.8. The van der Waals surface area contributed by atoms with Crippen molar-refractivity contribution in [2.75, 3.05) is 13.2 Å². The molecule has 1 aliphatic heterocycles. The number of carbonyl (C=O) groups excluding carboxylic acids is 1. The number of nitrogens with zero attached hydrogens (tertiary/aromatic N) is 1. The summed E-state index contributed by atoms with van der Waals surface area (Å²) in [7, 11) is 0. The molecule has 0 radical (unpaired) electrons. The first-order valence-electron chi connectivity index (χ1n) is 7.62. The lowest BCUT2D eigenvalue weighted by Gasteiger charge is -2.27. The van der Waals surface area contributed by atoms with Crippen molar-refractivity contribution >= 4 is 5.91 Å². The van der Waals surface area contributed by atoms with Crippen molar-refractivity contribution in [3.63, 3.8) is 0 Å². The van der Waals surface area contributed by atoms with Gasteiger partial charge in [0, 0.05) is 25.2 Å². The quantitative estimate of drug-likeness (QED) is 0.799. The van der Waals surface area contributed by atoms with E-state index in [1.807, 2.05) is 19.2 Å². The molecule has 0 aliphatic carbocycles. The number of hydrogen-bond donors (Lipinski definition) is 2. The molecule has 1 aliphatic rings. The van der Waals surface area contributed by atoms with E-state index in [0.29, 0.717) is 18.6 Å². The highest BCUT2D eigenvalue weighted by molar-refractivity contribution is 5.73. The molecule has 0 bridgehead atoms. The number of hydrogen-bond acceptors (Lipinski definition) is 4. The average molecular weight is 291 g/mol. The van der Waals surface area contributed by atoms with E-state index in [0.717, 1.165) is 24.3 Å². The lowest BCUT2D eigenvalue weighted by molar-refractivity contribution is -0.119. The van der Waals surface area contributed by atoms with Crippen molar-refractivity contribution in [3.8, 4) is 5.75 Å². The fourth-order valence-electron chi connectivity index (χ4n) is 2.35. The van der Waals surface area contributed by atoms with E-state index in [1.54, 1.807) is 13.1 Å². The zero-order valence-electron chi connectivity index (χ0n) is 13.1. The summed E-state index contributed by atoms with van der Waals surface area (Å²) in [6.07, 6.45) is 5.67. The second kappa shape index (κ2) is 7.41. The van der Waals surface area contributed by atoms with Crippen molar-refractivity contribution in [1.82, 2.24) is 15.6 Å². The normalized spacial score (nSPS) is 20.2. The summed E-state index contributed by atoms with van der Waals surface area (Å²) in [5.41, 5.74) is 1.14. The summed E-state index contributed by atoms with van der Waals surface area (Å²) in [5.74, 6) is 1.18. The highest BCUT2D eigenvalue weighted by atomic mass is 16.5. The molecule has 0 spiro atoms. The molecule has 1 amide bonds. The van der Waals surface area contributed by atoms with Gasteiger partial charge in [0.25, 0.3) is 0 Å². The van der Waals surface area contributed by atoms with E-state index in [4.69, 9.17) is 4.74 Å². The number of aromatic nitrogens is 1. The van der Waals surface area contributed by atoms with Crippen molar-refractivity contribution in [2.45, 2.75) is 45.7 Å². The van der Waals surface area contributed by atoms with Crippen molar-refractivity contribution in [1.29, 1.82) is 0 Å². The molecule has 5 heteroatoms. The van der Waals surface area contributed by atoms with Gasteiger partial charge < -0.3 is 15.4 Å². The minimum Gasteiger partial charge on any atom is -0.490 e. The summed E-state index contributed by atoms with van der Waals surface area (Å²) in [6, 6.07) is 2.67. The van der Waals surface area contributed by atoms with Gasteiger partial charge in [0.1, 0.15) is 12.4 Å². The summed E-state index contributed by atoms with van der Waals surface area (Å²) < 4.78 is 5.76. The van der Waals surface area contributed by atoms with Crippen molar-refractivity contribution in [2.24, 2.45) is 5.92 Å². The molecule has 2 rings (SSSR count). The summed E-state index contributed by atoms with van der Waals surface area (Å²) in [4.78, 5) is 15.3. The third kappa shape index (κ3) is 5.01. The van der Waals surface area contributed by atoms with Crippen LogP contribution in [0.5, 0.6) is 5.75 Å². The van der Waals surface area contributed by atoms with Gasteiger partial charge in [0.2, 0.25) is 5.91 Å². The molecule has 1 saturated heterocycles. The zero-order chi connectivity index (χ0) is 15.2. The van der Waals surface area contributed by atoms with Gasteiger partial charge in [0.05, 0.1) is 6.20 Å². The molecule has 5 nitrogen and oxygen atoms in total. The number of nitrogens with one attached hydrogen (secondary N) is 2. The number of pyridine rings is 1. The third-order valence-electron chi connectivity index (χ3n) is 3.99. The summed E-state index contributed by atoms with van der Waals surface area (Å²) in [6.45, 7) is 7.50. The largest absolute Gasteiger partial charge is 0.490 e. The molecule has 1 aromatic rings. The lowest BCUT2D eigenvalue weighted by Crippen LogP contribution is -2.46. The SMILES string of the molecule is CC(=O)N[C@H](C)C(C)Cc1cncc(OCC2CCN2)c1. The first-order valence-corrected chi connectivity index (χ1v) is 7.62. The third-order valence-corrected chi connectivity index (χ3v) is 3.99. The van der Waals surface area contributed by atoms with Crippen molar-refractivity contribution in [3.05, 3.63) is 24.0 Å². The highest BCUT2D eigenvalue weighted by Gasteiger charge is 2.17. The Morgan fingerprint density at radius 3 is 2.90 bits per heavy atom.